The molecule has 7 heteroatoms. The fourth-order valence-electron chi connectivity index (χ4n) is 4.32. The molecule has 0 fully saturated rings. The summed E-state index contributed by atoms with van der Waals surface area (Å²) in [5.41, 5.74) is 1.02. The van der Waals surface area contributed by atoms with Crippen molar-refractivity contribution in [1.82, 2.24) is 4.90 Å². The highest BCUT2D eigenvalue weighted by molar-refractivity contribution is 6.31. The minimum Gasteiger partial charge on any atom is -0.450 e. The fourth-order valence-corrected chi connectivity index (χ4v) is 4.49. The number of carbonyl (C=O) groups excluding carboxylic acids is 1. The quantitative estimate of drug-likeness (QED) is 0.608. The van der Waals surface area contributed by atoms with Crippen molar-refractivity contribution in [3.8, 4) is 0 Å². The van der Waals surface area contributed by atoms with Gasteiger partial charge >= 0.3 is 0 Å². The Hall–Kier alpha value is -2.70. The van der Waals surface area contributed by atoms with Gasteiger partial charge in [0.15, 0.2) is 5.43 Å². The van der Waals surface area contributed by atoms with Gasteiger partial charge < -0.3 is 14.2 Å². The van der Waals surface area contributed by atoms with Crippen LogP contribution in [0.3, 0.4) is 0 Å². The molecule has 2 aromatic carbocycles. The predicted molar refractivity (Wildman–Crippen MR) is 118 cm³/mol. The maximum Gasteiger partial charge on any atom is 0.290 e. The van der Waals surface area contributed by atoms with Crippen LogP contribution in [0, 0.1) is 5.82 Å². The van der Waals surface area contributed by atoms with Crippen molar-refractivity contribution in [3.63, 3.8) is 0 Å². The van der Waals surface area contributed by atoms with Crippen molar-refractivity contribution in [2.24, 2.45) is 0 Å². The topological polar surface area (TPSA) is 55.0 Å². The first-order valence-corrected chi connectivity index (χ1v) is 11.0. The van der Waals surface area contributed by atoms with Crippen molar-refractivity contribution in [2.75, 3.05) is 26.2 Å². The van der Waals surface area contributed by atoms with Gasteiger partial charge in [0.25, 0.3) is 5.91 Å². The smallest absolute Gasteiger partial charge is 0.290 e. The Morgan fingerprint density at radius 2 is 1.81 bits per heavy atom. The normalized spacial score (nSPS) is 15.8. The second-order valence-electron chi connectivity index (χ2n) is 7.83. The molecule has 0 spiro atoms. The zero-order valence-electron chi connectivity index (χ0n) is 17.6. The molecule has 0 bridgehead atoms. The Labute approximate surface area is 185 Å². The molecule has 1 atom stereocenters. The molecule has 1 aliphatic rings. The van der Waals surface area contributed by atoms with Crippen LogP contribution in [-0.4, -0.2) is 37.0 Å². The predicted octanol–water partition coefficient (Wildman–Crippen LogP) is 3.45. The van der Waals surface area contributed by atoms with Crippen LogP contribution in [0.4, 0.5) is 4.39 Å². The average molecular weight is 444 g/mol. The molecule has 0 radical (unpaired) electrons. The summed E-state index contributed by atoms with van der Waals surface area (Å²) in [6.45, 7) is 7.69. The molecular weight excluding hydrogens is 419 g/mol. The Bertz CT molecular complexity index is 1170. The van der Waals surface area contributed by atoms with E-state index in [1.807, 2.05) is 0 Å². The van der Waals surface area contributed by atoms with Crippen LogP contribution >= 0.6 is 11.6 Å². The summed E-state index contributed by atoms with van der Waals surface area (Å²) in [4.78, 5) is 29.8. The van der Waals surface area contributed by atoms with Crippen LogP contribution in [0.2, 0.25) is 5.02 Å². The first kappa shape index (κ1) is 21.5. The van der Waals surface area contributed by atoms with E-state index in [4.69, 9.17) is 16.0 Å². The largest absolute Gasteiger partial charge is 0.450 e. The Balaban J connectivity index is 1.80. The van der Waals surface area contributed by atoms with Crippen molar-refractivity contribution >= 4 is 28.5 Å². The number of hydrogen-bond acceptors (Lipinski definition) is 3. The molecule has 31 heavy (non-hydrogen) atoms. The highest BCUT2D eigenvalue weighted by Gasteiger charge is 2.42. The maximum atomic E-state index is 13.6. The van der Waals surface area contributed by atoms with Crippen LogP contribution in [0.5, 0.6) is 0 Å². The van der Waals surface area contributed by atoms with Gasteiger partial charge in [-0.2, -0.15) is 0 Å². The van der Waals surface area contributed by atoms with Crippen molar-refractivity contribution in [1.29, 1.82) is 0 Å². The van der Waals surface area contributed by atoms with Gasteiger partial charge in [0.1, 0.15) is 11.4 Å². The van der Waals surface area contributed by atoms with E-state index in [9.17, 15) is 14.0 Å². The molecule has 1 aliphatic heterocycles. The minimum atomic E-state index is -0.616. The van der Waals surface area contributed by atoms with Crippen molar-refractivity contribution in [2.45, 2.75) is 26.3 Å². The number of rotatable bonds is 7. The van der Waals surface area contributed by atoms with Gasteiger partial charge in [-0.15, -0.1) is 0 Å². The van der Waals surface area contributed by atoms with Gasteiger partial charge in [-0.25, -0.2) is 4.39 Å². The molecule has 3 aromatic rings. The fraction of sp³-hybridized carbons (Fsp3) is 0.333. The summed E-state index contributed by atoms with van der Waals surface area (Å²) in [6.07, 6.45) is 0.786. The molecular formula is C24H25ClFN2O3+. The average Bonchev–Trinajstić information content (AvgIpc) is 3.04. The third kappa shape index (κ3) is 3.98. The number of nitrogens with one attached hydrogen (secondary N) is 1. The number of hydrogen-bond donors (Lipinski definition) is 1. The number of benzene rings is 2. The van der Waals surface area contributed by atoms with E-state index < -0.39 is 6.04 Å². The molecule has 1 amide bonds. The molecule has 0 saturated carbocycles. The molecule has 162 valence electrons. The van der Waals surface area contributed by atoms with Gasteiger partial charge in [0, 0.05) is 18.0 Å². The zero-order valence-corrected chi connectivity index (χ0v) is 18.3. The minimum absolute atomic E-state index is 0.0596. The molecule has 0 aliphatic carbocycles. The van der Waals surface area contributed by atoms with E-state index in [1.165, 1.54) is 17.0 Å². The lowest BCUT2D eigenvalue weighted by Crippen LogP contribution is -3.11. The first-order chi connectivity index (χ1) is 14.9. The van der Waals surface area contributed by atoms with Crippen molar-refractivity contribution in [3.05, 3.63) is 80.4 Å². The second kappa shape index (κ2) is 8.81. The SMILES string of the molecule is CC[NH+](CC)CCCN1C(=O)c2oc3ccc(Cl)cc3c(=O)c2C1c1ccc(F)cc1. The monoisotopic (exact) mass is 443 g/mol. The van der Waals surface area contributed by atoms with E-state index in [1.54, 1.807) is 35.2 Å². The maximum absolute atomic E-state index is 13.6. The third-order valence-electron chi connectivity index (χ3n) is 6.04. The lowest BCUT2D eigenvalue weighted by Gasteiger charge is -2.26. The number of carbonyl (C=O) groups is 1. The Kier molecular flexibility index (Phi) is 6.12. The molecule has 1 aromatic heterocycles. The summed E-state index contributed by atoms with van der Waals surface area (Å²) in [6, 6.07) is 10.1. The zero-order chi connectivity index (χ0) is 22.1. The summed E-state index contributed by atoms with van der Waals surface area (Å²) in [5, 5.41) is 0.752. The summed E-state index contributed by atoms with van der Waals surface area (Å²) in [7, 11) is 0. The van der Waals surface area contributed by atoms with Gasteiger partial charge in [-0.1, -0.05) is 23.7 Å². The van der Waals surface area contributed by atoms with Crippen LogP contribution < -0.4 is 10.3 Å². The molecule has 2 heterocycles. The summed E-state index contributed by atoms with van der Waals surface area (Å²) < 4.78 is 19.5. The summed E-state index contributed by atoms with van der Waals surface area (Å²) in [5.74, 6) is -0.625. The standard InChI is InChI=1S/C24H24ClFN2O3/c1-3-27(4-2)12-5-13-28-21(15-6-9-17(26)10-7-15)20-22(29)18-14-16(25)8-11-19(18)31-23(20)24(28)30/h6-11,14,21H,3-5,12-13H2,1-2H3/p+1. The van der Waals surface area contributed by atoms with Gasteiger partial charge in [-0.05, 0) is 49.7 Å². The Morgan fingerprint density at radius 3 is 2.48 bits per heavy atom. The van der Waals surface area contributed by atoms with Crippen LogP contribution in [0.1, 0.15) is 48.0 Å². The second-order valence-corrected chi connectivity index (χ2v) is 8.26. The van der Waals surface area contributed by atoms with Crippen LogP contribution in [0.25, 0.3) is 11.0 Å². The number of amides is 1. The van der Waals surface area contributed by atoms with E-state index in [2.05, 4.69) is 13.8 Å². The number of quaternary nitrogens is 1. The third-order valence-corrected chi connectivity index (χ3v) is 6.28. The molecule has 4 rings (SSSR count). The van der Waals surface area contributed by atoms with E-state index in [0.29, 0.717) is 33.7 Å². The Morgan fingerprint density at radius 1 is 1.10 bits per heavy atom. The highest BCUT2D eigenvalue weighted by Crippen LogP contribution is 2.38. The van der Waals surface area contributed by atoms with Crippen LogP contribution in [-0.2, 0) is 0 Å². The van der Waals surface area contributed by atoms with Gasteiger partial charge in [0.2, 0.25) is 5.76 Å². The van der Waals surface area contributed by atoms with E-state index in [0.717, 1.165) is 26.1 Å². The molecule has 0 saturated heterocycles. The lowest BCUT2D eigenvalue weighted by atomic mass is 9.98. The highest BCUT2D eigenvalue weighted by atomic mass is 35.5. The van der Waals surface area contributed by atoms with Gasteiger partial charge in [0.05, 0.1) is 36.6 Å². The number of nitrogens with zero attached hydrogens (tertiary/aromatic N) is 1. The molecule has 1 unspecified atom stereocenters. The van der Waals surface area contributed by atoms with Gasteiger partial charge in [-0.3, -0.25) is 9.59 Å². The molecule has 1 N–H and O–H groups in total. The van der Waals surface area contributed by atoms with Crippen molar-refractivity contribution < 1.29 is 18.5 Å². The van der Waals surface area contributed by atoms with Crippen LogP contribution in [0.15, 0.2) is 51.7 Å². The number of fused-ring (bicyclic) bond motifs is 2. The lowest BCUT2D eigenvalue weighted by molar-refractivity contribution is -0.896. The van der Waals surface area contributed by atoms with E-state index in [-0.39, 0.29) is 22.9 Å². The molecule has 5 nitrogen and oxygen atoms in total. The van der Waals surface area contributed by atoms with E-state index >= 15 is 0 Å². The first-order valence-electron chi connectivity index (χ1n) is 10.6. The number of halogens is 2. The summed E-state index contributed by atoms with van der Waals surface area (Å²) >= 11 is 6.09.